The molecule has 0 spiro atoms. The minimum atomic E-state index is -1.14. The van der Waals surface area contributed by atoms with E-state index in [0.29, 0.717) is 17.1 Å². The standard InChI is InChI=1S/C40H38N4O7/c1-48-32-19-15-30(16-20-32)40(29-13-7-4-8-14-29,31-17-21-33(49-2)22-18-31)50-26-35-34(45)24-36(51-35)44-25-28(12-9-23-41)37(43-39(44)47)42-38(46)27-10-5-3-6-11-27/h3-8,10-11,13-22,25,34-36,45H,23-24,26,41H2,1-2H3,(H,42,43,46,47)/t34-,35+,36+/m0/s1. The third-order valence-electron chi connectivity index (χ3n) is 8.70. The smallest absolute Gasteiger partial charge is 0.351 e. The predicted molar refractivity (Wildman–Crippen MR) is 192 cm³/mol. The first-order valence-electron chi connectivity index (χ1n) is 16.4. The SMILES string of the molecule is COc1ccc(C(OC[C@H]2O[C@@H](n3cc(C#CCN)c(NC(=O)c4ccccc4)nc3=O)C[C@@H]2O)(c2ccccc2)c2ccc(OC)cc2)cc1. The molecule has 4 aromatic carbocycles. The monoisotopic (exact) mass is 686 g/mol. The van der Waals surface area contributed by atoms with Crippen LogP contribution in [0.15, 0.2) is 120 Å². The number of hydrogen-bond donors (Lipinski definition) is 3. The molecule has 0 unspecified atom stereocenters. The van der Waals surface area contributed by atoms with Crippen LogP contribution in [0.5, 0.6) is 11.5 Å². The fourth-order valence-electron chi connectivity index (χ4n) is 6.09. The van der Waals surface area contributed by atoms with Crippen LogP contribution in [-0.4, -0.2) is 60.1 Å². The van der Waals surface area contributed by atoms with Crippen LogP contribution in [0.1, 0.15) is 45.3 Å². The highest BCUT2D eigenvalue weighted by Crippen LogP contribution is 2.42. The van der Waals surface area contributed by atoms with Gasteiger partial charge in [-0.25, -0.2) is 4.79 Å². The Kier molecular flexibility index (Phi) is 10.9. The second kappa shape index (κ2) is 15.8. The van der Waals surface area contributed by atoms with Crippen molar-refractivity contribution in [1.82, 2.24) is 9.55 Å². The van der Waals surface area contributed by atoms with Gasteiger partial charge < -0.3 is 35.1 Å². The van der Waals surface area contributed by atoms with E-state index in [1.807, 2.05) is 78.9 Å². The zero-order valence-electron chi connectivity index (χ0n) is 28.2. The van der Waals surface area contributed by atoms with E-state index in [1.54, 1.807) is 44.6 Å². The van der Waals surface area contributed by atoms with Crippen molar-refractivity contribution in [3.63, 3.8) is 0 Å². The molecule has 1 aliphatic rings. The number of anilines is 1. The Morgan fingerprint density at radius 3 is 2.06 bits per heavy atom. The summed E-state index contributed by atoms with van der Waals surface area (Å²) in [6.45, 7) is 0.00661. The Bertz CT molecular complexity index is 2010. The lowest BCUT2D eigenvalue weighted by Crippen LogP contribution is -2.38. The van der Waals surface area contributed by atoms with Crippen molar-refractivity contribution in [3.8, 4) is 23.3 Å². The molecule has 3 atom stereocenters. The third-order valence-corrected chi connectivity index (χ3v) is 8.70. The summed E-state index contributed by atoms with van der Waals surface area (Å²) in [6.07, 6.45) is -1.16. The van der Waals surface area contributed by atoms with E-state index >= 15 is 0 Å². The number of rotatable bonds is 11. The van der Waals surface area contributed by atoms with Crippen LogP contribution < -0.4 is 26.2 Å². The molecule has 0 aliphatic carbocycles. The van der Waals surface area contributed by atoms with Crippen LogP contribution in [0.4, 0.5) is 5.82 Å². The van der Waals surface area contributed by atoms with Gasteiger partial charge in [-0.15, -0.1) is 0 Å². The molecular formula is C40H38N4O7. The first-order valence-corrected chi connectivity index (χ1v) is 16.4. The summed E-state index contributed by atoms with van der Waals surface area (Å²) in [6, 6.07) is 33.6. The minimum absolute atomic E-state index is 0.00360. The average Bonchev–Trinajstić information content (AvgIpc) is 3.55. The molecule has 11 nitrogen and oxygen atoms in total. The summed E-state index contributed by atoms with van der Waals surface area (Å²) in [7, 11) is 3.22. The maximum absolute atomic E-state index is 13.4. The Labute approximate surface area is 295 Å². The van der Waals surface area contributed by atoms with Crippen LogP contribution in [0, 0.1) is 11.8 Å². The number of benzene rings is 4. The highest BCUT2D eigenvalue weighted by atomic mass is 16.6. The maximum atomic E-state index is 13.4. The van der Waals surface area contributed by atoms with E-state index in [2.05, 4.69) is 22.1 Å². The second-order valence-electron chi connectivity index (χ2n) is 11.8. The molecule has 0 bridgehead atoms. The number of hydrogen-bond acceptors (Lipinski definition) is 9. The van der Waals surface area contributed by atoms with E-state index in [-0.39, 0.29) is 31.0 Å². The molecular weight excluding hydrogens is 648 g/mol. The van der Waals surface area contributed by atoms with Gasteiger partial charge in [-0.2, -0.15) is 4.98 Å². The number of carbonyl (C=O) groups excluding carboxylic acids is 1. The van der Waals surface area contributed by atoms with E-state index in [1.165, 1.54) is 10.8 Å². The van der Waals surface area contributed by atoms with Gasteiger partial charge in [0.2, 0.25) is 0 Å². The van der Waals surface area contributed by atoms with Gasteiger partial charge >= 0.3 is 5.69 Å². The molecule has 1 aromatic heterocycles. The Balaban J connectivity index is 1.31. The first kappa shape index (κ1) is 35.1. The number of ether oxygens (including phenoxy) is 4. The number of nitrogens with one attached hydrogen (secondary N) is 1. The first-order chi connectivity index (χ1) is 24.9. The molecule has 51 heavy (non-hydrogen) atoms. The van der Waals surface area contributed by atoms with Gasteiger partial charge in [0.25, 0.3) is 5.91 Å². The molecule has 260 valence electrons. The zero-order valence-corrected chi connectivity index (χ0v) is 28.2. The van der Waals surface area contributed by atoms with Gasteiger partial charge in [0.1, 0.15) is 29.4 Å². The molecule has 0 radical (unpaired) electrons. The maximum Gasteiger partial charge on any atom is 0.351 e. The lowest BCUT2D eigenvalue weighted by molar-refractivity contribution is -0.0944. The van der Waals surface area contributed by atoms with Crippen molar-refractivity contribution in [2.75, 3.05) is 32.7 Å². The molecule has 6 rings (SSSR count). The molecule has 11 heteroatoms. The highest BCUT2D eigenvalue weighted by molar-refractivity contribution is 6.04. The summed E-state index contributed by atoms with van der Waals surface area (Å²) in [5.74, 6) is 6.57. The number of nitrogens with zero attached hydrogens (tertiary/aromatic N) is 2. The van der Waals surface area contributed by atoms with Gasteiger partial charge in [0.15, 0.2) is 5.82 Å². The van der Waals surface area contributed by atoms with Crippen molar-refractivity contribution < 1.29 is 28.8 Å². The van der Waals surface area contributed by atoms with E-state index in [4.69, 9.17) is 24.7 Å². The van der Waals surface area contributed by atoms with Gasteiger partial charge in [-0.1, -0.05) is 84.6 Å². The number of aromatic nitrogens is 2. The topological polar surface area (TPSA) is 147 Å². The molecule has 2 heterocycles. The third kappa shape index (κ3) is 7.55. The summed E-state index contributed by atoms with van der Waals surface area (Å²) in [5.41, 5.74) is 6.96. The Hall–Kier alpha value is -5.77. The molecule has 4 N–H and O–H groups in total. The van der Waals surface area contributed by atoms with Gasteiger partial charge in [0, 0.05) is 18.2 Å². The van der Waals surface area contributed by atoms with Crippen LogP contribution in [-0.2, 0) is 15.1 Å². The second-order valence-corrected chi connectivity index (χ2v) is 11.8. The molecule has 1 fully saturated rings. The predicted octanol–water partition coefficient (Wildman–Crippen LogP) is 4.48. The van der Waals surface area contributed by atoms with Crippen molar-refractivity contribution >= 4 is 11.7 Å². The number of carbonyl (C=O) groups is 1. The van der Waals surface area contributed by atoms with Crippen LogP contribution in [0.2, 0.25) is 0 Å². The van der Waals surface area contributed by atoms with Crippen molar-refractivity contribution in [3.05, 3.63) is 154 Å². The summed E-state index contributed by atoms with van der Waals surface area (Å²) in [4.78, 5) is 30.4. The van der Waals surface area contributed by atoms with Gasteiger partial charge in [0.05, 0.1) is 39.0 Å². The van der Waals surface area contributed by atoms with E-state index in [0.717, 1.165) is 16.7 Å². The summed E-state index contributed by atoms with van der Waals surface area (Å²) < 4.78 is 25.4. The van der Waals surface area contributed by atoms with Crippen molar-refractivity contribution in [2.24, 2.45) is 5.73 Å². The average molecular weight is 687 g/mol. The molecule has 1 saturated heterocycles. The van der Waals surface area contributed by atoms with Gasteiger partial charge in [-0.3, -0.25) is 9.36 Å². The normalized spacial score (nSPS) is 16.9. The fraction of sp³-hybridized carbons (Fsp3) is 0.225. The zero-order chi connectivity index (χ0) is 35.8. The lowest BCUT2D eigenvalue weighted by Gasteiger charge is -2.37. The van der Waals surface area contributed by atoms with E-state index < -0.39 is 35.6 Å². The van der Waals surface area contributed by atoms with Crippen LogP contribution in [0.3, 0.4) is 0 Å². The van der Waals surface area contributed by atoms with E-state index in [9.17, 15) is 14.7 Å². The van der Waals surface area contributed by atoms with Crippen LogP contribution in [0.25, 0.3) is 0 Å². The molecule has 1 amide bonds. The van der Waals surface area contributed by atoms with Crippen molar-refractivity contribution in [2.45, 2.75) is 30.5 Å². The number of aliphatic hydroxyl groups excluding tert-OH is 1. The Morgan fingerprint density at radius 1 is 0.922 bits per heavy atom. The van der Waals surface area contributed by atoms with Gasteiger partial charge in [-0.05, 0) is 53.1 Å². The summed E-state index contributed by atoms with van der Waals surface area (Å²) in [5, 5.41) is 14.0. The molecule has 1 aliphatic heterocycles. The highest BCUT2D eigenvalue weighted by Gasteiger charge is 2.42. The van der Waals surface area contributed by atoms with Crippen molar-refractivity contribution in [1.29, 1.82) is 0 Å². The lowest BCUT2D eigenvalue weighted by atomic mass is 9.80. The number of aliphatic hydroxyl groups is 1. The molecule has 0 saturated carbocycles. The quantitative estimate of drug-likeness (QED) is 0.135. The van der Waals surface area contributed by atoms with Crippen LogP contribution >= 0.6 is 0 Å². The molecule has 5 aromatic rings. The number of amides is 1. The number of nitrogens with two attached hydrogens (primary N) is 1. The number of methoxy groups -OCH3 is 2. The largest absolute Gasteiger partial charge is 0.497 e. The Morgan fingerprint density at radius 2 is 1.49 bits per heavy atom. The fourth-order valence-corrected chi connectivity index (χ4v) is 6.09. The minimum Gasteiger partial charge on any atom is -0.497 e. The summed E-state index contributed by atoms with van der Waals surface area (Å²) >= 11 is 0.